The Labute approximate surface area is 153 Å². The van der Waals surface area contributed by atoms with Crippen LogP contribution >= 0.6 is 11.6 Å². The molecule has 0 aliphatic carbocycles. The summed E-state index contributed by atoms with van der Waals surface area (Å²) in [4.78, 5) is 2.11. The zero-order chi connectivity index (χ0) is 17.8. The van der Waals surface area contributed by atoms with Crippen LogP contribution < -0.4 is 10.2 Å². The molecule has 0 amide bonds. The van der Waals surface area contributed by atoms with Crippen LogP contribution in [0.1, 0.15) is 5.56 Å². The highest BCUT2D eigenvalue weighted by atomic mass is 35.5. The molecule has 0 radical (unpaired) electrons. The van der Waals surface area contributed by atoms with Crippen LogP contribution in [0.3, 0.4) is 0 Å². The molecule has 3 rings (SSSR count). The Morgan fingerprint density at radius 1 is 0.960 bits per heavy atom. The molecule has 0 aliphatic heterocycles. The summed E-state index contributed by atoms with van der Waals surface area (Å²) in [7, 11) is 4.09. The second-order valence-electron chi connectivity index (χ2n) is 5.99. The molecule has 0 spiro atoms. The average Bonchev–Trinajstić information content (AvgIpc) is 2.61. The van der Waals surface area contributed by atoms with Gasteiger partial charge in [0.25, 0.3) is 0 Å². The van der Waals surface area contributed by atoms with E-state index in [2.05, 4.69) is 34.5 Å². The lowest BCUT2D eigenvalue weighted by Crippen LogP contribution is -2.09. The normalized spacial score (nSPS) is 11.0. The molecule has 0 saturated carbocycles. The zero-order valence-electron chi connectivity index (χ0n) is 14.3. The van der Waals surface area contributed by atoms with Gasteiger partial charge in [-0.2, -0.15) is 0 Å². The molecule has 126 valence electrons. The minimum atomic E-state index is 0.322. The van der Waals surface area contributed by atoms with Crippen molar-refractivity contribution < 1.29 is 0 Å². The summed E-state index contributed by atoms with van der Waals surface area (Å²) < 4.78 is 0. The summed E-state index contributed by atoms with van der Waals surface area (Å²) in [5.41, 5.74) is 3.11. The molecule has 0 aliphatic rings. The Balaban J connectivity index is 1.85. The van der Waals surface area contributed by atoms with E-state index >= 15 is 0 Å². The predicted molar refractivity (Wildman–Crippen MR) is 110 cm³/mol. The monoisotopic (exact) mass is 349 g/mol. The first kappa shape index (κ1) is 17.1. The fourth-order valence-corrected chi connectivity index (χ4v) is 2.87. The maximum absolute atomic E-state index is 8.11. The number of nitrogens with one attached hydrogen (secondary N) is 2. The van der Waals surface area contributed by atoms with Crippen LogP contribution in [0.25, 0.3) is 16.8 Å². The molecule has 0 fully saturated rings. The number of nitrogens with zero attached hydrogens (tertiary/aromatic N) is 1. The summed E-state index contributed by atoms with van der Waals surface area (Å²) in [6.45, 7) is 0. The van der Waals surface area contributed by atoms with E-state index in [1.54, 1.807) is 18.2 Å². The van der Waals surface area contributed by atoms with Gasteiger partial charge in [0.15, 0.2) is 0 Å². The van der Waals surface area contributed by atoms with Gasteiger partial charge in [-0.1, -0.05) is 48.0 Å². The molecule has 0 aromatic heterocycles. The third kappa shape index (κ3) is 4.01. The molecule has 3 aromatic carbocycles. The number of amidine groups is 1. The van der Waals surface area contributed by atoms with Gasteiger partial charge in [0, 0.05) is 35.9 Å². The molecule has 0 saturated heterocycles. The number of hydrogen-bond donors (Lipinski definition) is 2. The van der Waals surface area contributed by atoms with E-state index in [0.29, 0.717) is 10.9 Å². The Morgan fingerprint density at radius 2 is 1.64 bits per heavy atom. The Kier molecular flexibility index (Phi) is 5.05. The summed E-state index contributed by atoms with van der Waals surface area (Å²) in [6.07, 6.45) is 3.73. The van der Waals surface area contributed by atoms with Crippen molar-refractivity contribution in [3.8, 4) is 0 Å². The smallest absolute Gasteiger partial charge is 0.122 e. The Hall–Kier alpha value is -2.78. The van der Waals surface area contributed by atoms with Crippen LogP contribution in [0.5, 0.6) is 0 Å². The minimum Gasteiger partial charge on any atom is -0.377 e. The van der Waals surface area contributed by atoms with Gasteiger partial charge in [-0.3, -0.25) is 5.41 Å². The molecule has 0 unspecified atom stereocenters. The van der Waals surface area contributed by atoms with Crippen molar-refractivity contribution in [2.45, 2.75) is 0 Å². The minimum absolute atomic E-state index is 0.322. The van der Waals surface area contributed by atoms with E-state index in [1.807, 2.05) is 44.4 Å². The number of benzene rings is 3. The SMILES string of the molecule is CN(C)c1ccc(/C=C/C(=N)Nc2ccc(Cl)cc2)c2ccccc12. The van der Waals surface area contributed by atoms with Crippen LogP contribution in [0.4, 0.5) is 11.4 Å². The Bertz CT molecular complexity index is 928. The number of hydrogen-bond acceptors (Lipinski definition) is 2. The van der Waals surface area contributed by atoms with Gasteiger partial charge in [-0.15, -0.1) is 0 Å². The molecule has 3 nitrogen and oxygen atoms in total. The van der Waals surface area contributed by atoms with Crippen molar-refractivity contribution in [3.05, 3.63) is 77.3 Å². The fraction of sp³-hybridized carbons (Fsp3) is 0.0952. The highest BCUT2D eigenvalue weighted by Crippen LogP contribution is 2.29. The maximum Gasteiger partial charge on any atom is 0.122 e. The molecular formula is C21H20ClN3. The van der Waals surface area contributed by atoms with Crippen molar-refractivity contribution in [3.63, 3.8) is 0 Å². The molecule has 4 heteroatoms. The number of rotatable bonds is 4. The third-order valence-corrected chi connectivity index (χ3v) is 4.22. The molecule has 0 atom stereocenters. The maximum atomic E-state index is 8.11. The lowest BCUT2D eigenvalue weighted by Gasteiger charge is -2.16. The second kappa shape index (κ2) is 7.41. The lowest BCUT2D eigenvalue weighted by atomic mass is 10.0. The van der Waals surface area contributed by atoms with E-state index in [9.17, 15) is 0 Å². The van der Waals surface area contributed by atoms with E-state index < -0.39 is 0 Å². The molecular weight excluding hydrogens is 330 g/mol. The average molecular weight is 350 g/mol. The molecule has 3 aromatic rings. The topological polar surface area (TPSA) is 39.1 Å². The van der Waals surface area contributed by atoms with E-state index in [0.717, 1.165) is 11.3 Å². The number of halogens is 1. The first-order valence-corrected chi connectivity index (χ1v) is 8.41. The zero-order valence-corrected chi connectivity index (χ0v) is 15.0. The highest BCUT2D eigenvalue weighted by molar-refractivity contribution is 6.30. The standard InChI is InChI=1S/C21H20ClN3/c1-25(2)20-13-7-15(18-5-3-4-6-19(18)20)8-14-21(23)24-17-11-9-16(22)10-12-17/h3-14H,1-2H3,(H2,23,24)/b14-8+. The van der Waals surface area contributed by atoms with E-state index in [4.69, 9.17) is 17.0 Å². The van der Waals surface area contributed by atoms with Crippen LogP contribution in [0, 0.1) is 5.41 Å². The fourth-order valence-electron chi connectivity index (χ4n) is 2.75. The largest absolute Gasteiger partial charge is 0.377 e. The van der Waals surface area contributed by atoms with E-state index in [1.165, 1.54) is 16.5 Å². The number of fused-ring (bicyclic) bond motifs is 1. The third-order valence-electron chi connectivity index (χ3n) is 3.97. The summed E-state index contributed by atoms with van der Waals surface area (Å²) in [5.74, 6) is 0.322. The number of anilines is 2. The van der Waals surface area contributed by atoms with Gasteiger partial charge in [-0.05, 0) is 47.4 Å². The first-order chi connectivity index (χ1) is 12.0. The van der Waals surface area contributed by atoms with Crippen LogP contribution in [-0.4, -0.2) is 19.9 Å². The molecule has 0 heterocycles. The molecule has 0 bridgehead atoms. The highest BCUT2D eigenvalue weighted by Gasteiger charge is 2.05. The van der Waals surface area contributed by atoms with Gasteiger partial charge >= 0.3 is 0 Å². The van der Waals surface area contributed by atoms with Crippen LogP contribution in [0.15, 0.2) is 66.7 Å². The van der Waals surface area contributed by atoms with Crippen molar-refractivity contribution in [1.29, 1.82) is 5.41 Å². The quantitative estimate of drug-likeness (QED) is 0.471. The predicted octanol–water partition coefficient (Wildman–Crippen LogP) is 5.66. The van der Waals surface area contributed by atoms with Crippen LogP contribution in [0.2, 0.25) is 5.02 Å². The van der Waals surface area contributed by atoms with Crippen molar-refractivity contribution in [1.82, 2.24) is 0 Å². The van der Waals surface area contributed by atoms with Crippen molar-refractivity contribution >= 4 is 45.7 Å². The molecule has 2 N–H and O–H groups in total. The first-order valence-electron chi connectivity index (χ1n) is 8.03. The van der Waals surface area contributed by atoms with Gasteiger partial charge in [-0.25, -0.2) is 0 Å². The van der Waals surface area contributed by atoms with Gasteiger partial charge in [0.2, 0.25) is 0 Å². The lowest BCUT2D eigenvalue weighted by molar-refractivity contribution is 1.14. The molecule has 25 heavy (non-hydrogen) atoms. The van der Waals surface area contributed by atoms with Crippen molar-refractivity contribution in [2.24, 2.45) is 0 Å². The Morgan fingerprint density at radius 3 is 2.32 bits per heavy atom. The second-order valence-corrected chi connectivity index (χ2v) is 6.43. The summed E-state index contributed by atoms with van der Waals surface area (Å²) in [6, 6.07) is 19.8. The van der Waals surface area contributed by atoms with Gasteiger partial charge < -0.3 is 10.2 Å². The summed E-state index contributed by atoms with van der Waals surface area (Å²) >= 11 is 5.88. The van der Waals surface area contributed by atoms with Crippen LogP contribution in [-0.2, 0) is 0 Å². The van der Waals surface area contributed by atoms with Crippen molar-refractivity contribution in [2.75, 3.05) is 24.3 Å². The van der Waals surface area contributed by atoms with Gasteiger partial charge in [0.1, 0.15) is 5.84 Å². The van der Waals surface area contributed by atoms with Gasteiger partial charge in [0.05, 0.1) is 0 Å². The van der Waals surface area contributed by atoms with E-state index in [-0.39, 0.29) is 0 Å². The summed E-state index contributed by atoms with van der Waals surface area (Å²) in [5, 5.41) is 14.2.